The fourth-order valence-corrected chi connectivity index (χ4v) is 2.80. The van der Waals surface area contributed by atoms with Crippen LogP contribution in [0, 0.1) is 0 Å². The van der Waals surface area contributed by atoms with Crippen LogP contribution < -0.4 is 10.5 Å². The van der Waals surface area contributed by atoms with E-state index in [9.17, 15) is 0 Å². The third-order valence-corrected chi connectivity index (χ3v) is 4.11. The van der Waals surface area contributed by atoms with Gasteiger partial charge in [-0.25, -0.2) is 0 Å². The summed E-state index contributed by atoms with van der Waals surface area (Å²) in [7, 11) is 0. The summed E-state index contributed by atoms with van der Waals surface area (Å²) in [5.74, 6) is 0.830. The largest absolute Gasteiger partial charge is 0.485 e. The van der Waals surface area contributed by atoms with E-state index in [1.807, 2.05) is 30.3 Å². The Bertz CT molecular complexity index is 600. The number of halogens is 2. The standard InChI is InChI=1S/C15H13BrClNO/c16-10-3-1-9(2-4-10)15-8-13(18)12-7-11(17)5-6-14(12)19-15/h1-7,13,15H,8,18H2/t13-,15?/m1/s1. The molecule has 3 rings (SSSR count). The van der Waals surface area contributed by atoms with Crippen molar-refractivity contribution in [3.05, 3.63) is 63.1 Å². The van der Waals surface area contributed by atoms with Crippen LogP contribution in [0.1, 0.15) is 29.7 Å². The van der Waals surface area contributed by atoms with E-state index in [2.05, 4.69) is 28.1 Å². The highest BCUT2D eigenvalue weighted by Crippen LogP contribution is 2.40. The van der Waals surface area contributed by atoms with E-state index in [1.54, 1.807) is 0 Å². The van der Waals surface area contributed by atoms with Crippen LogP contribution in [0.5, 0.6) is 5.75 Å². The van der Waals surface area contributed by atoms with Gasteiger partial charge in [-0.05, 0) is 35.9 Å². The van der Waals surface area contributed by atoms with Gasteiger partial charge in [0, 0.05) is 27.5 Å². The van der Waals surface area contributed by atoms with Crippen LogP contribution in [0.2, 0.25) is 5.02 Å². The van der Waals surface area contributed by atoms with Gasteiger partial charge in [0.25, 0.3) is 0 Å². The molecule has 2 aromatic rings. The molecule has 1 aliphatic heterocycles. The van der Waals surface area contributed by atoms with Crippen LogP contribution in [0.4, 0.5) is 0 Å². The lowest BCUT2D eigenvalue weighted by atomic mass is 9.94. The zero-order valence-electron chi connectivity index (χ0n) is 10.1. The molecule has 1 heterocycles. The SMILES string of the molecule is N[C@@H]1CC(c2ccc(Br)cc2)Oc2ccc(Cl)cc21. The summed E-state index contributed by atoms with van der Waals surface area (Å²) < 4.78 is 7.09. The Hall–Kier alpha value is -1.03. The lowest BCUT2D eigenvalue weighted by Gasteiger charge is -2.30. The van der Waals surface area contributed by atoms with Gasteiger partial charge in [0.1, 0.15) is 11.9 Å². The van der Waals surface area contributed by atoms with Crippen LogP contribution in [-0.4, -0.2) is 0 Å². The molecule has 2 N–H and O–H groups in total. The van der Waals surface area contributed by atoms with Gasteiger partial charge < -0.3 is 10.5 Å². The molecular formula is C15H13BrClNO. The molecule has 0 saturated heterocycles. The monoisotopic (exact) mass is 337 g/mol. The highest BCUT2D eigenvalue weighted by molar-refractivity contribution is 9.10. The molecule has 19 heavy (non-hydrogen) atoms. The predicted molar refractivity (Wildman–Crippen MR) is 80.5 cm³/mol. The van der Waals surface area contributed by atoms with Crippen molar-refractivity contribution in [3.63, 3.8) is 0 Å². The van der Waals surface area contributed by atoms with Crippen molar-refractivity contribution in [1.29, 1.82) is 0 Å². The minimum atomic E-state index is -0.0453. The van der Waals surface area contributed by atoms with E-state index in [0.717, 1.165) is 27.8 Å². The summed E-state index contributed by atoms with van der Waals surface area (Å²) in [6.45, 7) is 0. The molecule has 2 nitrogen and oxygen atoms in total. The fraction of sp³-hybridized carbons (Fsp3) is 0.200. The Balaban J connectivity index is 1.92. The molecule has 4 heteroatoms. The molecule has 0 fully saturated rings. The van der Waals surface area contributed by atoms with Gasteiger partial charge in [-0.15, -0.1) is 0 Å². The van der Waals surface area contributed by atoms with Crippen molar-refractivity contribution in [2.45, 2.75) is 18.6 Å². The van der Waals surface area contributed by atoms with Crippen molar-refractivity contribution in [3.8, 4) is 5.75 Å². The second-order valence-electron chi connectivity index (χ2n) is 4.68. The van der Waals surface area contributed by atoms with Gasteiger partial charge in [-0.2, -0.15) is 0 Å². The molecule has 98 valence electrons. The Morgan fingerprint density at radius 3 is 2.63 bits per heavy atom. The van der Waals surface area contributed by atoms with Gasteiger partial charge >= 0.3 is 0 Å². The van der Waals surface area contributed by atoms with Crippen molar-refractivity contribution in [2.24, 2.45) is 5.73 Å². The maximum absolute atomic E-state index is 6.22. The Morgan fingerprint density at radius 2 is 1.89 bits per heavy atom. The highest BCUT2D eigenvalue weighted by atomic mass is 79.9. The molecule has 0 aromatic heterocycles. The van der Waals surface area contributed by atoms with Gasteiger partial charge in [-0.3, -0.25) is 0 Å². The quantitative estimate of drug-likeness (QED) is 0.823. The van der Waals surface area contributed by atoms with Crippen LogP contribution in [-0.2, 0) is 0 Å². The van der Waals surface area contributed by atoms with Crippen molar-refractivity contribution < 1.29 is 4.74 Å². The average Bonchev–Trinajstić information content (AvgIpc) is 2.40. The van der Waals surface area contributed by atoms with Crippen molar-refractivity contribution in [1.82, 2.24) is 0 Å². The highest BCUT2D eigenvalue weighted by Gasteiger charge is 2.27. The first-order valence-corrected chi connectivity index (χ1v) is 7.28. The average molecular weight is 339 g/mol. The van der Waals surface area contributed by atoms with Gasteiger partial charge in [-0.1, -0.05) is 39.7 Å². The number of rotatable bonds is 1. The van der Waals surface area contributed by atoms with Crippen LogP contribution in [0.25, 0.3) is 0 Å². The lowest BCUT2D eigenvalue weighted by Crippen LogP contribution is -2.24. The summed E-state index contributed by atoms with van der Waals surface area (Å²) in [4.78, 5) is 0. The number of fused-ring (bicyclic) bond motifs is 1. The number of hydrogen-bond donors (Lipinski definition) is 1. The maximum Gasteiger partial charge on any atom is 0.126 e. The normalized spacial score (nSPS) is 21.6. The third kappa shape index (κ3) is 2.64. The fourth-order valence-electron chi connectivity index (χ4n) is 2.36. The second-order valence-corrected chi connectivity index (χ2v) is 6.03. The maximum atomic E-state index is 6.22. The minimum Gasteiger partial charge on any atom is -0.485 e. The van der Waals surface area contributed by atoms with E-state index in [1.165, 1.54) is 0 Å². The summed E-state index contributed by atoms with van der Waals surface area (Å²) in [5, 5.41) is 0.694. The Labute approximate surface area is 125 Å². The number of hydrogen-bond acceptors (Lipinski definition) is 2. The smallest absolute Gasteiger partial charge is 0.126 e. The second kappa shape index (κ2) is 5.16. The molecule has 1 aliphatic rings. The van der Waals surface area contributed by atoms with Crippen LogP contribution in [0.3, 0.4) is 0 Å². The number of benzene rings is 2. The first kappa shape index (κ1) is 13.0. The van der Waals surface area contributed by atoms with E-state index >= 15 is 0 Å². The molecular weight excluding hydrogens is 326 g/mol. The Morgan fingerprint density at radius 1 is 1.16 bits per heavy atom. The molecule has 2 atom stereocenters. The topological polar surface area (TPSA) is 35.2 Å². The summed E-state index contributed by atoms with van der Waals surface area (Å²) in [6, 6.07) is 13.7. The molecule has 0 amide bonds. The predicted octanol–water partition coefficient (Wildman–Crippen LogP) is 4.63. The third-order valence-electron chi connectivity index (χ3n) is 3.35. The number of ether oxygens (including phenoxy) is 1. The van der Waals surface area contributed by atoms with Crippen LogP contribution in [0.15, 0.2) is 46.9 Å². The van der Waals surface area contributed by atoms with Gasteiger partial charge in [0.05, 0.1) is 0 Å². The lowest BCUT2D eigenvalue weighted by molar-refractivity contribution is 0.161. The minimum absolute atomic E-state index is 0.00299. The van der Waals surface area contributed by atoms with Crippen molar-refractivity contribution >= 4 is 27.5 Å². The molecule has 0 radical (unpaired) electrons. The molecule has 0 bridgehead atoms. The van der Waals surface area contributed by atoms with Crippen LogP contribution >= 0.6 is 27.5 Å². The van der Waals surface area contributed by atoms with E-state index in [4.69, 9.17) is 22.1 Å². The molecule has 0 saturated carbocycles. The zero-order chi connectivity index (χ0) is 13.4. The van der Waals surface area contributed by atoms with E-state index < -0.39 is 0 Å². The molecule has 0 aliphatic carbocycles. The molecule has 2 aromatic carbocycles. The summed E-state index contributed by atoms with van der Waals surface area (Å²) in [5.41, 5.74) is 8.35. The first-order valence-electron chi connectivity index (χ1n) is 6.10. The molecule has 0 spiro atoms. The summed E-state index contributed by atoms with van der Waals surface area (Å²) in [6.07, 6.45) is 0.756. The van der Waals surface area contributed by atoms with E-state index in [-0.39, 0.29) is 12.1 Å². The first-order chi connectivity index (χ1) is 9.13. The van der Waals surface area contributed by atoms with Crippen molar-refractivity contribution in [2.75, 3.05) is 0 Å². The summed E-state index contributed by atoms with van der Waals surface area (Å²) >= 11 is 9.43. The Kier molecular flexibility index (Phi) is 3.52. The molecule has 1 unspecified atom stereocenters. The zero-order valence-corrected chi connectivity index (χ0v) is 12.5. The van der Waals surface area contributed by atoms with Gasteiger partial charge in [0.2, 0.25) is 0 Å². The van der Waals surface area contributed by atoms with Gasteiger partial charge in [0.15, 0.2) is 0 Å². The number of nitrogens with two attached hydrogens (primary N) is 1. The van der Waals surface area contributed by atoms with E-state index in [0.29, 0.717) is 5.02 Å².